The van der Waals surface area contributed by atoms with Crippen LogP contribution in [-0.2, 0) is 14.2 Å². The van der Waals surface area contributed by atoms with Crippen LogP contribution in [-0.4, -0.2) is 70.2 Å². The van der Waals surface area contributed by atoms with E-state index in [0.29, 0.717) is 33.0 Å². The quantitative estimate of drug-likeness (QED) is 0.595. The second-order valence-corrected chi connectivity index (χ2v) is 4.83. The first-order valence-electron chi connectivity index (χ1n) is 6.58. The Balaban J connectivity index is 4.74. The maximum absolute atomic E-state index is 5.95. The van der Waals surface area contributed by atoms with E-state index in [0.717, 1.165) is 6.54 Å². The monoisotopic (exact) mass is 262 g/mol. The Bertz CT molecular complexity index is 205. The Kier molecular flexibility index (Phi) is 9.59. The van der Waals surface area contributed by atoms with Crippen LogP contribution in [0.4, 0.5) is 0 Å². The molecule has 110 valence electrons. The lowest BCUT2D eigenvalue weighted by molar-refractivity contribution is -0.0370. The van der Waals surface area contributed by atoms with Crippen LogP contribution in [0.3, 0.4) is 0 Å². The van der Waals surface area contributed by atoms with Crippen molar-refractivity contribution in [3.63, 3.8) is 0 Å². The molecule has 0 spiro atoms. The fourth-order valence-corrected chi connectivity index (χ4v) is 2.12. The van der Waals surface area contributed by atoms with Crippen LogP contribution in [0.25, 0.3) is 0 Å². The number of nitrogens with zero attached hydrogens (tertiary/aromatic N) is 1. The zero-order valence-electron chi connectivity index (χ0n) is 12.6. The molecule has 0 aromatic heterocycles. The summed E-state index contributed by atoms with van der Waals surface area (Å²) < 4.78 is 16.0. The highest BCUT2D eigenvalue weighted by Crippen LogP contribution is 2.18. The molecule has 0 bridgehead atoms. The van der Waals surface area contributed by atoms with Crippen LogP contribution in [0, 0.1) is 0 Å². The van der Waals surface area contributed by atoms with Crippen LogP contribution in [0.1, 0.15) is 20.8 Å². The van der Waals surface area contributed by atoms with Gasteiger partial charge in [-0.25, -0.2) is 0 Å². The summed E-state index contributed by atoms with van der Waals surface area (Å²) in [4.78, 5) is 2.32. The molecule has 0 aliphatic heterocycles. The second-order valence-electron chi connectivity index (χ2n) is 4.83. The number of ether oxygens (including phenoxy) is 3. The molecule has 0 saturated carbocycles. The minimum atomic E-state index is -0.188. The minimum absolute atomic E-state index is 0.188. The number of nitrogens with two attached hydrogens (primary N) is 1. The van der Waals surface area contributed by atoms with Crippen molar-refractivity contribution in [3.8, 4) is 0 Å². The van der Waals surface area contributed by atoms with E-state index < -0.39 is 0 Å². The summed E-state index contributed by atoms with van der Waals surface area (Å²) >= 11 is 0. The van der Waals surface area contributed by atoms with Crippen LogP contribution < -0.4 is 5.73 Å². The average Bonchev–Trinajstić information content (AvgIpc) is 2.37. The molecule has 0 aromatic carbocycles. The van der Waals surface area contributed by atoms with E-state index in [4.69, 9.17) is 19.9 Å². The summed E-state index contributed by atoms with van der Waals surface area (Å²) in [5.41, 5.74) is 5.76. The molecule has 18 heavy (non-hydrogen) atoms. The summed E-state index contributed by atoms with van der Waals surface area (Å²) in [6.07, 6.45) is 0. The third-order valence-electron chi connectivity index (χ3n) is 3.23. The fraction of sp³-hybridized carbons (Fsp3) is 1.00. The molecule has 0 aromatic rings. The normalized spacial score (nSPS) is 16.8. The number of hydrogen-bond donors (Lipinski definition) is 1. The van der Waals surface area contributed by atoms with E-state index in [-0.39, 0.29) is 11.6 Å². The lowest BCUT2D eigenvalue weighted by atomic mass is 9.99. The van der Waals surface area contributed by atoms with E-state index in [1.807, 2.05) is 6.92 Å². The van der Waals surface area contributed by atoms with Crippen LogP contribution >= 0.6 is 0 Å². The number of rotatable bonds is 11. The molecule has 0 aliphatic carbocycles. The molecule has 5 heteroatoms. The standard InChI is InChI=1S/C13H30N2O3/c1-6-18-11-13(3,10-14)15(7-8-16-4)12(2)9-17-5/h12H,6-11,14H2,1-5H3. The SMILES string of the molecule is CCOCC(C)(CN)N(CCOC)C(C)COC. The maximum Gasteiger partial charge on any atom is 0.0660 e. The molecule has 0 heterocycles. The van der Waals surface area contributed by atoms with Gasteiger partial charge in [0.25, 0.3) is 0 Å². The first-order valence-corrected chi connectivity index (χ1v) is 6.58. The Morgan fingerprint density at radius 2 is 1.94 bits per heavy atom. The Labute approximate surface area is 112 Å². The Hall–Kier alpha value is -0.200. The van der Waals surface area contributed by atoms with Crippen LogP contribution in [0.2, 0.25) is 0 Å². The highest BCUT2D eigenvalue weighted by Gasteiger charge is 2.33. The van der Waals surface area contributed by atoms with E-state index in [1.165, 1.54) is 0 Å². The van der Waals surface area contributed by atoms with E-state index in [1.54, 1.807) is 14.2 Å². The van der Waals surface area contributed by atoms with Gasteiger partial charge < -0.3 is 19.9 Å². The van der Waals surface area contributed by atoms with Crippen molar-refractivity contribution >= 4 is 0 Å². The largest absolute Gasteiger partial charge is 0.383 e. The van der Waals surface area contributed by atoms with Gasteiger partial charge in [-0.2, -0.15) is 0 Å². The number of methoxy groups -OCH3 is 2. The molecule has 0 aliphatic rings. The summed E-state index contributed by atoms with van der Waals surface area (Å²) in [6, 6.07) is 0.277. The molecular weight excluding hydrogens is 232 g/mol. The van der Waals surface area contributed by atoms with Crippen molar-refractivity contribution in [2.24, 2.45) is 5.73 Å². The van der Waals surface area contributed by atoms with Gasteiger partial charge in [-0.15, -0.1) is 0 Å². The minimum Gasteiger partial charge on any atom is -0.383 e. The molecule has 2 N–H and O–H groups in total. The summed E-state index contributed by atoms with van der Waals surface area (Å²) in [7, 11) is 3.43. The molecule has 2 unspecified atom stereocenters. The predicted molar refractivity (Wildman–Crippen MR) is 73.9 cm³/mol. The van der Waals surface area contributed by atoms with Gasteiger partial charge >= 0.3 is 0 Å². The van der Waals surface area contributed by atoms with E-state index >= 15 is 0 Å². The zero-order chi connectivity index (χ0) is 14.0. The molecule has 0 saturated heterocycles. The molecule has 0 fully saturated rings. The highest BCUT2D eigenvalue weighted by molar-refractivity contribution is 4.90. The van der Waals surface area contributed by atoms with E-state index in [9.17, 15) is 0 Å². The smallest absolute Gasteiger partial charge is 0.0660 e. The topological polar surface area (TPSA) is 57.0 Å². The van der Waals surface area contributed by atoms with Gasteiger partial charge in [0.2, 0.25) is 0 Å². The van der Waals surface area contributed by atoms with Crippen molar-refractivity contribution < 1.29 is 14.2 Å². The first kappa shape index (κ1) is 17.8. The van der Waals surface area contributed by atoms with Crippen molar-refractivity contribution in [1.29, 1.82) is 0 Å². The molecule has 0 amide bonds. The molecule has 5 nitrogen and oxygen atoms in total. The van der Waals surface area contributed by atoms with E-state index in [2.05, 4.69) is 18.7 Å². The highest BCUT2D eigenvalue weighted by atomic mass is 16.5. The predicted octanol–water partition coefficient (Wildman–Crippen LogP) is 0.724. The van der Waals surface area contributed by atoms with Gasteiger partial charge in [0.1, 0.15) is 0 Å². The first-order chi connectivity index (χ1) is 8.55. The third kappa shape index (κ3) is 5.63. The van der Waals surface area contributed by atoms with Crippen LogP contribution in [0.15, 0.2) is 0 Å². The summed E-state index contributed by atoms with van der Waals surface area (Å²) in [5.74, 6) is 0. The van der Waals surface area contributed by atoms with Gasteiger partial charge in [0, 0.05) is 40.0 Å². The van der Waals surface area contributed by atoms with Crippen molar-refractivity contribution in [2.75, 3.05) is 53.7 Å². The Morgan fingerprint density at radius 1 is 1.28 bits per heavy atom. The van der Waals surface area contributed by atoms with Gasteiger partial charge in [0.15, 0.2) is 0 Å². The third-order valence-corrected chi connectivity index (χ3v) is 3.23. The van der Waals surface area contributed by atoms with Gasteiger partial charge in [-0.1, -0.05) is 0 Å². The molecule has 0 rings (SSSR count). The van der Waals surface area contributed by atoms with Crippen molar-refractivity contribution in [2.45, 2.75) is 32.4 Å². The second kappa shape index (κ2) is 9.69. The lowest BCUT2D eigenvalue weighted by Gasteiger charge is -2.43. The molecule has 0 radical (unpaired) electrons. The van der Waals surface area contributed by atoms with Gasteiger partial charge in [-0.05, 0) is 20.8 Å². The summed E-state index contributed by atoms with van der Waals surface area (Å²) in [6.45, 7) is 10.3. The Morgan fingerprint density at radius 3 is 2.39 bits per heavy atom. The van der Waals surface area contributed by atoms with Crippen molar-refractivity contribution in [3.05, 3.63) is 0 Å². The average molecular weight is 262 g/mol. The van der Waals surface area contributed by atoms with Crippen molar-refractivity contribution in [1.82, 2.24) is 4.90 Å². The summed E-state index contributed by atoms with van der Waals surface area (Å²) in [5, 5.41) is 0. The fourth-order valence-electron chi connectivity index (χ4n) is 2.12. The molecule has 2 atom stereocenters. The number of hydrogen-bond acceptors (Lipinski definition) is 5. The van der Waals surface area contributed by atoms with Gasteiger partial charge in [0.05, 0.1) is 25.4 Å². The maximum atomic E-state index is 5.95. The van der Waals surface area contributed by atoms with Crippen LogP contribution in [0.5, 0.6) is 0 Å². The lowest BCUT2D eigenvalue weighted by Crippen LogP contribution is -2.59. The molecular formula is C13H30N2O3. The van der Waals surface area contributed by atoms with Gasteiger partial charge in [-0.3, -0.25) is 4.90 Å². The zero-order valence-corrected chi connectivity index (χ0v) is 12.6.